The van der Waals surface area contributed by atoms with E-state index in [1.807, 2.05) is 32.3 Å². The Morgan fingerprint density at radius 1 is 0.962 bits per heavy atom. The fourth-order valence-electron chi connectivity index (χ4n) is 4.01. The van der Waals surface area contributed by atoms with Crippen LogP contribution in [0.2, 0.25) is 0 Å². The summed E-state index contributed by atoms with van der Waals surface area (Å²) in [4.78, 5) is 14.8. The van der Waals surface area contributed by atoms with Crippen LogP contribution in [0.4, 0.5) is 0 Å². The van der Waals surface area contributed by atoms with Gasteiger partial charge in [0, 0.05) is 5.92 Å². The van der Waals surface area contributed by atoms with Crippen LogP contribution in [-0.2, 0) is 4.74 Å². The second kappa shape index (κ2) is 6.93. The maximum atomic E-state index is 12.7. The molecule has 0 radical (unpaired) electrons. The number of hydrogen-bond acceptors (Lipinski definition) is 3. The Balaban J connectivity index is 1.75. The van der Waals surface area contributed by atoms with Crippen LogP contribution in [0.15, 0.2) is 72.0 Å². The van der Waals surface area contributed by atoms with Crippen molar-refractivity contribution in [3.8, 4) is 0 Å². The monoisotopic (exact) mass is 345 g/mol. The van der Waals surface area contributed by atoms with E-state index in [0.717, 1.165) is 24.2 Å². The highest BCUT2D eigenvalue weighted by molar-refractivity contribution is 5.90. The number of ether oxygens (including phenoxy) is 1. The first-order chi connectivity index (χ1) is 12.6. The molecule has 0 bridgehead atoms. The van der Waals surface area contributed by atoms with E-state index in [9.17, 15) is 4.79 Å². The highest BCUT2D eigenvalue weighted by Gasteiger charge is 2.35. The molecule has 2 aromatic rings. The van der Waals surface area contributed by atoms with Crippen LogP contribution in [0.3, 0.4) is 0 Å². The fraction of sp³-hybridized carbons (Fsp3) is 0.261. The number of carbonyl (C=O) groups excluding carboxylic acids is 1. The van der Waals surface area contributed by atoms with Crippen LogP contribution in [-0.4, -0.2) is 31.0 Å². The van der Waals surface area contributed by atoms with E-state index in [1.54, 1.807) is 12.1 Å². The average Bonchev–Trinajstić information content (AvgIpc) is 2.68. The van der Waals surface area contributed by atoms with Gasteiger partial charge in [-0.05, 0) is 55.8 Å². The average molecular weight is 345 g/mol. The smallest absolute Gasteiger partial charge is 0.343 e. The van der Waals surface area contributed by atoms with Crippen molar-refractivity contribution in [2.24, 2.45) is 0 Å². The Bertz CT molecular complexity index is 880. The zero-order valence-corrected chi connectivity index (χ0v) is 15.2. The van der Waals surface area contributed by atoms with E-state index in [0.29, 0.717) is 11.5 Å². The highest BCUT2D eigenvalue weighted by atomic mass is 16.5. The molecule has 3 nitrogen and oxygen atoms in total. The molecule has 0 fully saturated rings. The van der Waals surface area contributed by atoms with Crippen molar-refractivity contribution in [3.63, 3.8) is 0 Å². The van der Waals surface area contributed by atoms with E-state index < -0.39 is 0 Å². The topological polar surface area (TPSA) is 29.5 Å². The van der Waals surface area contributed by atoms with Gasteiger partial charge in [-0.1, -0.05) is 54.6 Å². The van der Waals surface area contributed by atoms with Gasteiger partial charge in [0.2, 0.25) is 0 Å². The Morgan fingerprint density at radius 2 is 1.69 bits per heavy atom. The van der Waals surface area contributed by atoms with Gasteiger partial charge < -0.3 is 4.74 Å². The lowest BCUT2D eigenvalue weighted by atomic mass is 9.75. The van der Waals surface area contributed by atoms with Crippen molar-refractivity contribution in [1.82, 2.24) is 4.90 Å². The summed E-state index contributed by atoms with van der Waals surface area (Å²) < 4.78 is 5.98. The van der Waals surface area contributed by atoms with E-state index in [4.69, 9.17) is 4.74 Å². The van der Waals surface area contributed by atoms with Gasteiger partial charge in [-0.2, -0.15) is 0 Å². The van der Waals surface area contributed by atoms with Gasteiger partial charge in [-0.3, -0.25) is 4.90 Å². The van der Waals surface area contributed by atoms with E-state index in [2.05, 4.69) is 41.3 Å². The third-order valence-corrected chi connectivity index (χ3v) is 5.34. The van der Waals surface area contributed by atoms with E-state index in [-0.39, 0.29) is 12.0 Å². The molecular formula is C23H23NO2. The van der Waals surface area contributed by atoms with Crippen LogP contribution < -0.4 is 0 Å². The summed E-state index contributed by atoms with van der Waals surface area (Å²) in [5.74, 6) is 0.810. The second-order valence-electron chi connectivity index (χ2n) is 7.15. The molecule has 0 aliphatic heterocycles. The lowest BCUT2D eigenvalue weighted by Crippen LogP contribution is -2.36. The Hall–Kier alpha value is -2.65. The van der Waals surface area contributed by atoms with Gasteiger partial charge in [0.1, 0.15) is 5.76 Å². The summed E-state index contributed by atoms with van der Waals surface area (Å²) in [6, 6.07) is 17.8. The van der Waals surface area contributed by atoms with Gasteiger partial charge in [-0.15, -0.1) is 0 Å². The molecule has 2 aliphatic carbocycles. The molecule has 0 saturated carbocycles. The number of rotatable bonds is 3. The predicted molar refractivity (Wildman–Crippen MR) is 104 cm³/mol. The van der Waals surface area contributed by atoms with E-state index in [1.165, 1.54) is 11.1 Å². The van der Waals surface area contributed by atoms with Crippen LogP contribution in [0.5, 0.6) is 0 Å². The van der Waals surface area contributed by atoms with Crippen molar-refractivity contribution < 1.29 is 9.53 Å². The van der Waals surface area contributed by atoms with Crippen LogP contribution in [0.25, 0.3) is 6.08 Å². The summed E-state index contributed by atoms with van der Waals surface area (Å²) in [6.07, 6.45) is 6.30. The number of allylic oxidation sites excluding steroid dienone is 2. The zero-order valence-electron chi connectivity index (χ0n) is 15.2. The Labute approximate surface area is 154 Å². The summed E-state index contributed by atoms with van der Waals surface area (Å²) in [6.45, 7) is 0. The summed E-state index contributed by atoms with van der Waals surface area (Å²) in [5, 5.41) is 0. The minimum Gasteiger partial charge on any atom is -0.425 e. The third-order valence-electron chi connectivity index (χ3n) is 5.34. The lowest BCUT2D eigenvalue weighted by molar-refractivity contribution is 0.0546. The lowest BCUT2D eigenvalue weighted by Gasteiger charge is -2.37. The van der Waals surface area contributed by atoms with Crippen molar-refractivity contribution in [1.29, 1.82) is 0 Å². The Kier molecular flexibility index (Phi) is 4.48. The van der Waals surface area contributed by atoms with Crippen molar-refractivity contribution in [2.45, 2.75) is 24.8 Å². The molecule has 2 unspecified atom stereocenters. The van der Waals surface area contributed by atoms with Gasteiger partial charge in [-0.25, -0.2) is 4.79 Å². The largest absolute Gasteiger partial charge is 0.425 e. The molecule has 26 heavy (non-hydrogen) atoms. The molecule has 0 spiro atoms. The van der Waals surface area contributed by atoms with Gasteiger partial charge in [0.05, 0.1) is 11.6 Å². The van der Waals surface area contributed by atoms with E-state index >= 15 is 0 Å². The van der Waals surface area contributed by atoms with Crippen molar-refractivity contribution >= 4 is 12.0 Å². The molecule has 0 N–H and O–H groups in total. The van der Waals surface area contributed by atoms with Gasteiger partial charge in [0.25, 0.3) is 0 Å². The van der Waals surface area contributed by atoms with Crippen LogP contribution >= 0.6 is 0 Å². The normalized spacial score (nSPS) is 21.3. The number of benzene rings is 2. The molecule has 2 aromatic carbocycles. The molecule has 0 saturated heterocycles. The third kappa shape index (κ3) is 2.99. The first-order valence-electron chi connectivity index (χ1n) is 9.10. The molecule has 2 aliphatic rings. The molecule has 2 atom stereocenters. The first kappa shape index (κ1) is 16.8. The van der Waals surface area contributed by atoms with Crippen LogP contribution in [0, 0.1) is 0 Å². The molecule has 0 heterocycles. The number of hydrogen-bond donors (Lipinski definition) is 0. The standard InChI is InChI=1S/C23H23NO2/c1-24(2)21-15-14-19-18-11-7-6-8-16(18)12-13-20(19)22(21)26-23(25)17-9-4-3-5-10-17/h3-13,19,21H,14-15H2,1-2H3. The predicted octanol–water partition coefficient (Wildman–Crippen LogP) is 4.63. The number of esters is 1. The number of nitrogens with zero attached hydrogens (tertiary/aromatic N) is 1. The minimum absolute atomic E-state index is 0.115. The molecular weight excluding hydrogens is 322 g/mol. The quantitative estimate of drug-likeness (QED) is 0.760. The SMILES string of the molecule is CN(C)C1CCC2C(=C1OC(=O)c1ccccc1)C=Cc1ccccc12. The number of fused-ring (bicyclic) bond motifs is 3. The highest BCUT2D eigenvalue weighted by Crippen LogP contribution is 2.44. The molecule has 3 heteroatoms. The first-order valence-corrected chi connectivity index (χ1v) is 9.10. The zero-order chi connectivity index (χ0) is 18.1. The Morgan fingerprint density at radius 3 is 2.46 bits per heavy atom. The number of likely N-dealkylation sites (N-methyl/N-ethyl adjacent to an activating group) is 1. The van der Waals surface area contributed by atoms with Gasteiger partial charge in [0.15, 0.2) is 0 Å². The molecule has 4 rings (SSSR count). The molecule has 132 valence electrons. The molecule has 0 amide bonds. The minimum atomic E-state index is -0.284. The second-order valence-corrected chi connectivity index (χ2v) is 7.15. The molecule has 0 aromatic heterocycles. The summed E-state index contributed by atoms with van der Waals surface area (Å²) in [7, 11) is 4.09. The van der Waals surface area contributed by atoms with Crippen molar-refractivity contribution in [3.05, 3.63) is 88.7 Å². The van der Waals surface area contributed by atoms with Crippen molar-refractivity contribution in [2.75, 3.05) is 14.1 Å². The summed E-state index contributed by atoms with van der Waals surface area (Å²) >= 11 is 0. The van der Waals surface area contributed by atoms with Gasteiger partial charge >= 0.3 is 5.97 Å². The maximum Gasteiger partial charge on any atom is 0.343 e. The maximum absolute atomic E-state index is 12.7. The fourth-order valence-corrected chi connectivity index (χ4v) is 4.01. The van der Waals surface area contributed by atoms with Crippen LogP contribution in [0.1, 0.15) is 40.2 Å². The summed E-state index contributed by atoms with van der Waals surface area (Å²) in [5.41, 5.74) is 4.31. The number of carbonyl (C=O) groups is 1.